The number of hydrogen-bond acceptors (Lipinski definition) is 4. The van der Waals surface area contributed by atoms with Crippen molar-refractivity contribution in [2.45, 2.75) is 46.8 Å². The summed E-state index contributed by atoms with van der Waals surface area (Å²) in [7, 11) is 0. The number of rotatable bonds is 6. The maximum Gasteiger partial charge on any atom is 0.338 e. The zero-order valence-electron chi connectivity index (χ0n) is 16.0. The van der Waals surface area contributed by atoms with E-state index >= 15 is 0 Å². The second-order valence-corrected chi connectivity index (χ2v) is 7.53. The molecule has 1 heterocycles. The minimum Gasteiger partial charge on any atom is -0.491 e. The van der Waals surface area contributed by atoms with Gasteiger partial charge in [0.25, 0.3) is 0 Å². The van der Waals surface area contributed by atoms with E-state index in [1.54, 1.807) is 26.0 Å². The molecule has 1 aliphatic heterocycles. The van der Waals surface area contributed by atoms with Crippen LogP contribution in [-0.4, -0.2) is 24.7 Å². The molecular weight excluding hydrogens is 391 g/mol. The molecular formula is C19H24Cl2N2O4. The lowest BCUT2D eigenvalue weighted by Gasteiger charge is -2.31. The fraction of sp³-hybridized carbons (Fsp3) is 0.474. The van der Waals surface area contributed by atoms with Crippen molar-refractivity contribution in [2.24, 2.45) is 5.92 Å². The Bertz CT molecular complexity index is 752. The zero-order valence-corrected chi connectivity index (χ0v) is 17.5. The van der Waals surface area contributed by atoms with Crippen molar-refractivity contribution in [1.29, 1.82) is 0 Å². The topological polar surface area (TPSA) is 76.7 Å². The summed E-state index contributed by atoms with van der Waals surface area (Å²) in [5.41, 5.74) is 1.40. The normalized spacial score (nSPS) is 17.1. The number of nitrogens with one attached hydrogen (secondary N) is 2. The highest BCUT2D eigenvalue weighted by molar-refractivity contribution is 6.37. The zero-order chi connectivity index (χ0) is 20.3. The average molecular weight is 415 g/mol. The van der Waals surface area contributed by atoms with Gasteiger partial charge in [0.1, 0.15) is 0 Å². The molecule has 1 atom stereocenters. The fourth-order valence-electron chi connectivity index (χ4n) is 2.82. The van der Waals surface area contributed by atoms with Gasteiger partial charge in [0, 0.05) is 5.70 Å². The highest BCUT2D eigenvalue weighted by atomic mass is 35.5. The minimum atomic E-state index is -0.743. The van der Waals surface area contributed by atoms with Gasteiger partial charge in [-0.2, -0.15) is 0 Å². The summed E-state index contributed by atoms with van der Waals surface area (Å²) in [5.74, 6) is -0.238. The van der Waals surface area contributed by atoms with Crippen LogP contribution in [0.2, 0.25) is 10.0 Å². The Kier molecular flexibility index (Phi) is 7.00. The monoisotopic (exact) mass is 414 g/mol. The minimum absolute atomic E-state index is 0.0955. The van der Waals surface area contributed by atoms with Crippen LogP contribution in [0.4, 0.5) is 4.79 Å². The van der Waals surface area contributed by atoms with Gasteiger partial charge in [-0.05, 0) is 44.4 Å². The number of amides is 2. The molecule has 0 fully saturated rings. The second kappa shape index (κ2) is 8.85. The van der Waals surface area contributed by atoms with Gasteiger partial charge in [0.2, 0.25) is 0 Å². The Balaban J connectivity index is 2.59. The number of esters is 1. The van der Waals surface area contributed by atoms with Crippen LogP contribution in [0.3, 0.4) is 0 Å². The Hall–Kier alpha value is -1.92. The van der Waals surface area contributed by atoms with Crippen LogP contribution in [0.25, 0.3) is 0 Å². The van der Waals surface area contributed by atoms with Gasteiger partial charge in [0.15, 0.2) is 5.75 Å². The third-order valence-corrected chi connectivity index (χ3v) is 4.45. The van der Waals surface area contributed by atoms with E-state index in [-0.39, 0.29) is 12.0 Å². The van der Waals surface area contributed by atoms with Crippen LogP contribution in [0.15, 0.2) is 23.4 Å². The molecule has 0 saturated heterocycles. The Labute approximate surface area is 169 Å². The molecule has 6 nitrogen and oxygen atoms in total. The Morgan fingerprint density at radius 2 is 1.78 bits per heavy atom. The maximum atomic E-state index is 12.8. The predicted molar refractivity (Wildman–Crippen MR) is 105 cm³/mol. The van der Waals surface area contributed by atoms with Gasteiger partial charge in [0.05, 0.1) is 34.4 Å². The van der Waals surface area contributed by atoms with E-state index < -0.39 is 18.0 Å². The van der Waals surface area contributed by atoms with Crippen LogP contribution < -0.4 is 15.4 Å². The van der Waals surface area contributed by atoms with E-state index in [1.807, 2.05) is 20.8 Å². The summed E-state index contributed by atoms with van der Waals surface area (Å²) < 4.78 is 10.9. The first-order chi connectivity index (χ1) is 12.6. The summed E-state index contributed by atoms with van der Waals surface area (Å²) in [4.78, 5) is 25.0. The molecule has 1 aliphatic rings. The molecule has 8 heteroatoms. The van der Waals surface area contributed by atoms with Crippen molar-refractivity contribution in [3.8, 4) is 5.75 Å². The van der Waals surface area contributed by atoms with Crippen LogP contribution in [-0.2, 0) is 9.53 Å². The molecule has 0 bridgehead atoms. The molecule has 2 amide bonds. The van der Waals surface area contributed by atoms with Crippen LogP contribution in [0, 0.1) is 5.92 Å². The second-order valence-electron chi connectivity index (χ2n) is 6.71. The van der Waals surface area contributed by atoms with E-state index in [1.165, 1.54) is 0 Å². The smallest absolute Gasteiger partial charge is 0.338 e. The molecule has 27 heavy (non-hydrogen) atoms. The third kappa shape index (κ3) is 4.87. The van der Waals surface area contributed by atoms with E-state index in [0.29, 0.717) is 39.2 Å². The first-order valence-corrected chi connectivity index (χ1v) is 9.55. The molecule has 148 valence electrons. The lowest BCUT2D eigenvalue weighted by molar-refractivity contribution is -0.143. The van der Waals surface area contributed by atoms with Crippen molar-refractivity contribution in [1.82, 2.24) is 10.6 Å². The molecule has 0 saturated carbocycles. The van der Waals surface area contributed by atoms with Crippen molar-refractivity contribution in [3.63, 3.8) is 0 Å². The largest absolute Gasteiger partial charge is 0.491 e. The maximum absolute atomic E-state index is 12.8. The number of hydrogen-bond donors (Lipinski definition) is 2. The first-order valence-electron chi connectivity index (χ1n) is 8.79. The van der Waals surface area contributed by atoms with Gasteiger partial charge in [-0.3, -0.25) is 0 Å². The van der Waals surface area contributed by atoms with Crippen molar-refractivity contribution < 1.29 is 19.1 Å². The molecule has 1 aromatic rings. The van der Waals surface area contributed by atoms with Crippen LogP contribution >= 0.6 is 23.2 Å². The van der Waals surface area contributed by atoms with E-state index in [9.17, 15) is 9.59 Å². The standard InChI is InChI=1S/C19H24Cl2N2O4/c1-6-26-17-12(20)7-11(8-13(17)21)16-14(18(24)27-10(4)5)15(9(2)3)22-19(25)23-16/h7-10,16H,6H2,1-5H3,(H2,22,23,25). The SMILES string of the molecule is CCOc1c(Cl)cc(C2NC(=O)NC(C(C)C)=C2C(=O)OC(C)C)cc1Cl. The van der Waals surface area contributed by atoms with Crippen molar-refractivity contribution >= 4 is 35.2 Å². The Morgan fingerprint density at radius 3 is 2.26 bits per heavy atom. The number of halogens is 2. The molecule has 0 radical (unpaired) electrons. The van der Waals surface area contributed by atoms with E-state index in [2.05, 4.69) is 10.6 Å². The Morgan fingerprint density at radius 1 is 1.19 bits per heavy atom. The summed E-state index contributed by atoms with van der Waals surface area (Å²) in [6.45, 7) is 9.54. The first kappa shape index (κ1) is 21.4. The van der Waals surface area contributed by atoms with E-state index in [4.69, 9.17) is 32.7 Å². The van der Waals surface area contributed by atoms with Crippen LogP contribution in [0.1, 0.15) is 46.2 Å². The van der Waals surface area contributed by atoms with Gasteiger partial charge < -0.3 is 20.1 Å². The van der Waals surface area contributed by atoms with Gasteiger partial charge in [-0.15, -0.1) is 0 Å². The van der Waals surface area contributed by atoms with Crippen molar-refractivity contribution in [3.05, 3.63) is 39.0 Å². The summed E-state index contributed by atoms with van der Waals surface area (Å²) in [6, 6.07) is 2.11. The number of benzene rings is 1. The number of carbonyl (C=O) groups is 2. The summed E-state index contributed by atoms with van der Waals surface area (Å²) in [6.07, 6.45) is -0.302. The lowest BCUT2D eigenvalue weighted by Crippen LogP contribution is -2.47. The van der Waals surface area contributed by atoms with E-state index in [0.717, 1.165) is 0 Å². The summed E-state index contributed by atoms with van der Waals surface area (Å²) in [5, 5.41) is 6.08. The average Bonchev–Trinajstić information content (AvgIpc) is 2.56. The fourth-order valence-corrected chi connectivity index (χ4v) is 3.44. The molecule has 0 aliphatic carbocycles. The number of allylic oxidation sites excluding steroid dienone is 1. The van der Waals surface area contributed by atoms with Crippen LogP contribution in [0.5, 0.6) is 5.75 Å². The quantitative estimate of drug-likeness (QED) is 0.666. The molecule has 1 unspecified atom stereocenters. The number of carbonyl (C=O) groups excluding carboxylic acids is 2. The molecule has 2 N–H and O–H groups in total. The summed E-state index contributed by atoms with van der Waals surface area (Å²) >= 11 is 12.6. The molecule has 0 aromatic heterocycles. The third-order valence-electron chi connectivity index (χ3n) is 3.89. The van der Waals surface area contributed by atoms with Gasteiger partial charge >= 0.3 is 12.0 Å². The predicted octanol–water partition coefficient (Wildman–Crippen LogP) is 4.61. The molecule has 2 rings (SSSR count). The number of urea groups is 1. The van der Waals surface area contributed by atoms with Gasteiger partial charge in [-0.1, -0.05) is 37.0 Å². The van der Waals surface area contributed by atoms with Crippen molar-refractivity contribution in [2.75, 3.05) is 6.61 Å². The lowest BCUT2D eigenvalue weighted by atomic mass is 9.91. The molecule has 1 aromatic carbocycles. The highest BCUT2D eigenvalue weighted by Gasteiger charge is 2.35. The van der Waals surface area contributed by atoms with Gasteiger partial charge in [-0.25, -0.2) is 9.59 Å². The molecule has 0 spiro atoms. The highest BCUT2D eigenvalue weighted by Crippen LogP contribution is 2.39. The number of ether oxygens (including phenoxy) is 2.